The van der Waals surface area contributed by atoms with Crippen molar-refractivity contribution in [2.75, 3.05) is 39.6 Å². The topological polar surface area (TPSA) is 55.4 Å². The summed E-state index contributed by atoms with van der Waals surface area (Å²) in [7, 11) is 0.677. The Balaban J connectivity index is 4.64. The predicted molar refractivity (Wildman–Crippen MR) is 98.1 cm³/mol. The molecule has 0 aromatic rings. The van der Waals surface area contributed by atoms with E-state index in [0.717, 1.165) is 5.38 Å². The van der Waals surface area contributed by atoms with Gasteiger partial charge in [-0.3, -0.25) is 0 Å². The minimum Gasteiger partial charge on any atom is -0.494 e. The number of ether oxygens (including phenoxy) is 6. The van der Waals surface area contributed by atoms with E-state index in [-0.39, 0.29) is 18.3 Å². The second-order valence-electron chi connectivity index (χ2n) is 5.57. The molecule has 0 amide bonds. The van der Waals surface area contributed by atoms with Crippen molar-refractivity contribution in [2.45, 2.75) is 59.9 Å². The van der Waals surface area contributed by atoms with Gasteiger partial charge in [-0.15, -0.1) is 0 Å². The first-order valence-electron chi connectivity index (χ1n) is 8.88. The molecule has 0 rings (SSSR count). The Bertz CT molecular complexity index is 319. The van der Waals surface area contributed by atoms with Gasteiger partial charge in [-0.05, 0) is 41.5 Å². The van der Waals surface area contributed by atoms with Crippen molar-refractivity contribution in [3.63, 3.8) is 0 Å². The molecule has 0 fully saturated rings. The molecule has 0 radical (unpaired) electrons. The van der Waals surface area contributed by atoms with Gasteiger partial charge in [0.2, 0.25) is 0 Å². The van der Waals surface area contributed by atoms with E-state index in [0.29, 0.717) is 55.8 Å². The fraction of sp³-hybridized carbons (Fsp3) is 0.882. The van der Waals surface area contributed by atoms with Gasteiger partial charge >= 0.3 is 5.95 Å². The number of hydrogen-bond acceptors (Lipinski definition) is 6. The molecule has 0 saturated carbocycles. The molecule has 0 aromatic heterocycles. The summed E-state index contributed by atoms with van der Waals surface area (Å²) >= 11 is 0. The van der Waals surface area contributed by atoms with Crippen molar-refractivity contribution in [2.24, 2.45) is 0 Å². The van der Waals surface area contributed by atoms with Crippen LogP contribution >= 0.6 is 0 Å². The Kier molecular flexibility index (Phi) is 14.1. The van der Waals surface area contributed by atoms with E-state index in [4.69, 9.17) is 28.4 Å². The highest BCUT2D eigenvalue weighted by atomic mass is 28.1. The normalized spacial score (nSPS) is 14.8. The summed E-state index contributed by atoms with van der Waals surface area (Å²) in [6, 6.07) is 0. The zero-order valence-electron chi connectivity index (χ0n) is 16.4. The zero-order chi connectivity index (χ0) is 18.4. The predicted octanol–water partition coefficient (Wildman–Crippen LogP) is 1.80. The van der Waals surface area contributed by atoms with E-state index in [1.165, 1.54) is 0 Å². The Hall–Kier alpha value is -0.763. The molecule has 3 atom stereocenters. The van der Waals surface area contributed by atoms with Gasteiger partial charge in [-0.2, -0.15) is 0 Å². The third kappa shape index (κ3) is 11.7. The Morgan fingerprint density at radius 3 is 1.33 bits per heavy atom. The van der Waals surface area contributed by atoms with Crippen molar-refractivity contribution >= 4 is 10.2 Å². The smallest absolute Gasteiger partial charge is 0.312 e. The molecule has 0 aliphatic rings. The van der Waals surface area contributed by atoms with Crippen LogP contribution in [-0.4, -0.2) is 68.2 Å². The summed E-state index contributed by atoms with van der Waals surface area (Å²) in [5, 5.41) is 0.731. The summed E-state index contributed by atoms with van der Waals surface area (Å²) in [4.78, 5) is 0. The molecule has 0 aromatic carbocycles. The number of hydrogen-bond donors (Lipinski definition) is 0. The molecule has 7 heteroatoms. The van der Waals surface area contributed by atoms with E-state index in [2.05, 4.69) is 0 Å². The lowest BCUT2D eigenvalue weighted by Gasteiger charge is -2.21. The zero-order valence-corrected chi connectivity index (χ0v) is 18.4. The van der Waals surface area contributed by atoms with Gasteiger partial charge in [-0.25, -0.2) is 0 Å². The van der Waals surface area contributed by atoms with E-state index < -0.39 is 0 Å². The molecule has 0 N–H and O–H groups in total. The SMILES string of the molecule is CCOC(C)COC([SiH3])=C(OCC(C)OCC)OCC(C)OCC. The van der Waals surface area contributed by atoms with Crippen LogP contribution in [0.1, 0.15) is 41.5 Å². The van der Waals surface area contributed by atoms with Crippen LogP contribution in [0.4, 0.5) is 0 Å². The maximum absolute atomic E-state index is 5.79. The maximum Gasteiger partial charge on any atom is 0.312 e. The second kappa shape index (κ2) is 14.6. The molecule has 3 unspecified atom stereocenters. The van der Waals surface area contributed by atoms with Crippen LogP contribution in [0.15, 0.2) is 11.3 Å². The molecule has 0 spiro atoms. The third-order valence-electron chi connectivity index (χ3n) is 3.07. The van der Waals surface area contributed by atoms with Crippen LogP contribution in [0.2, 0.25) is 0 Å². The van der Waals surface area contributed by atoms with E-state index >= 15 is 0 Å². The standard InChI is InChI=1S/C17H36O6Si/c1-7-18-13(4)10-21-16(22-11-14(5)19-8-2)17(24)23-12-15(6)20-9-3/h13-15H,7-12H2,1-6,24H3. The minimum atomic E-state index is -0.00488. The van der Waals surface area contributed by atoms with Crippen LogP contribution in [0.3, 0.4) is 0 Å². The average Bonchev–Trinajstić information content (AvgIpc) is 2.53. The van der Waals surface area contributed by atoms with Gasteiger partial charge in [0.05, 0.1) is 28.6 Å². The summed E-state index contributed by atoms with van der Waals surface area (Å²) < 4.78 is 33.8. The minimum absolute atomic E-state index is 0.00488. The molecule has 0 bridgehead atoms. The Labute approximate surface area is 150 Å². The molecule has 0 aliphatic heterocycles. The number of rotatable bonds is 15. The third-order valence-corrected chi connectivity index (χ3v) is 3.77. The molecule has 0 saturated heterocycles. The summed E-state index contributed by atoms with van der Waals surface area (Å²) in [5.74, 6) is 0.434. The van der Waals surface area contributed by atoms with Gasteiger partial charge in [0, 0.05) is 19.8 Å². The first kappa shape index (κ1) is 23.2. The van der Waals surface area contributed by atoms with Gasteiger partial charge in [0.25, 0.3) is 0 Å². The van der Waals surface area contributed by atoms with Crippen molar-refractivity contribution in [3.05, 3.63) is 11.3 Å². The largest absolute Gasteiger partial charge is 0.494 e. The van der Waals surface area contributed by atoms with Gasteiger partial charge in [0.1, 0.15) is 25.2 Å². The average molecular weight is 365 g/mol. The molecule has 0 heterocycles. The highest BCUT2D eigenvalue weighted by molar-refractivity contribution is 6.20. The van der Waals surface area contributed by atoms with Crippen LogP contribution in [0.25, 0.3) is 0 Å². The summed E-state index contributed by atoms with van der Waals surface area (Å²) in [6.45, 7) is 15.1. The monoisotopic (exact) mass is 364 g/mol. The Morgan fingerprint density at radius 1 is 0.667 bits per heavy atom. The van der Waals surface area contributed by atoms with Crippen molar-refractivity contribution in [1.82, 2.24) is 0 Å². The summed E-state index contributed by atoms with van der Waals surface area (Å²) in [6.07, 6.45) is 0.0226. The lowest BCUT2D eigenvalue weighted by Crippen LogP contribution is -2.22. The molecule has 144 valence electrons. The first-order chi connectivity index (χ1) is 11.4. The van der Waals surface area contributed by atoms with Crippen LogP contribution in [0, 0.1) is 0 Å². The van der Waals surface area contributed by atoms with Crippen LogP contribution in [-0.2, 0) is 28.4 Å². The Morgan fingerprint density at radius 2 is 1.00 bits per heavy atom. The summed E-state index contributed by atoms with van der Waals surface area (Å²) in [5.41, 5.74) is 0. The van der Waals surface area contributed by atoms with Crippen molar-refractivity contribution in [1.29, 1.82) is 0 Å². The van der Waals surface area contributed by atoms with Crippen molar-refractivity contribution < 1.29 is 28.4 Å². The van der Waals surface area contributed by atoms with Gasteiger partial charge in [-0.1, -0.05) is 0 Å². The highest BCUT2D eigenvalue weighted by Crippen LogP contribution is 2.11. The lowest BCUT2D eigenvalue weighted by molar-refractivity contribution is -0.0611. The molecule has 24 heavy (non-hydrogen) atoms. The maximum atomic E-state index is 5.79. The fourth-order valence-electron chi connectivity index (χ4n) is 1.93. The lowest BCUT2D eigenvalue weighted by atomic mass is 10.4. The first-order valence-corrected chi connectivity index (χ1v) is 9.88. The fourth-order valence-corrected chi connectivity index (χ4v) is 2.39. The second-order valence-corrected chi connectivity index (χ2v) is 6.48. The van der Waals surface area contributed by atoms with Crippen LogP contribution < -0.4 is 0 Å². The molecule has 0 aliphatic carbocycles. The van der Waals surface area contributed by atoms with Gasteiger partial charge < -0.3 is 28.4 Å². The van der Waals surface area contributed by atoms with Gasteiger partial charge in [0.15, 0.2) is 0 Å². The van der Waals surface area contributed by atoms with E-state index in [1.54, 1.807) is 0 Å². The highest BCUT2D eigenvalue weighted by Gasteiger charge is 2.13. The van der Waals surface area contributed by atoms with Crippen LogP contribution in [0.5, 0.6) is 0 Å². The van der Waals surface area contributed by atoms with E-state index in [9.17, 15) is 0 Å². The molecular formula is C17H36O6Si. The quantitative estimate of drug-likeness (QED) is 0.326. The molecular weight excluding hydrogens is 328 g/mol. The van der Waals surface area contributed by atoms with Crippen molar-refractivity contribution in [3.8, 4) is 0 Å². The molecule has 6 nitrogen and oxygen atoms in total. The van der Waals surface area contributed by atoms with E-state index in [1.807, 2.05) is 41.5 Å².